The molecule has 328 valence electrons. The number of aromatic nitrogens is 1. The van der Waals surface area contributed by atoms with Crippen LogP contribution in [0.25, 0.3) is 21.9 Å². The lowest BCUT2D eigenvalue weighted by molar-refractivity contribution is 0.481. The molecular formula is C40H26Cl2N10O9S4. The summed E-state index contributed by atoms with van der Waals surface area (Å²) in [6.45, 7) is 1.54. The molecule has 7 N–H and O–H groups in total. The monoisotopic (exact) mass is 988 g/mol. The first-order chi connectivity index (χ1) is 30.7. The number of hydrogen-bond donors (Lipinski definition) is 6. The fraction of sp³-hybridized carbons (Fsp3) is 0.0250. The first-order valence-electron chi connectivity index (χ1n) is 18.0. The molecule has 0 saturated heterocycles. The number of nitrogens with one attached hydrogen (secondary N) is 2. The van der Waals surface area contributed by atoms with Gasteiger partial charge < -0.3 is 16.4 Å². The van der Waals surface area contributed by atoms with E-state index in [-0.39, 0.29) is 76.7 Å². The molecule has 0 aliphatic heterocycles. The van der Waals surface area contributed by atoms with Crippen LogP contribution in [0.4, 0.5) is 50.1 Å². The van der Waals surface area contributed by atoms with Gasteiger partial charge in [0, 0.05) is 44.0 Å². The molecule has 0 aliphatic rings. The number of benzene rings is 5. The van der Waals surface area contributed by atoms with Crippen LogP contribution in [0.5, 0.6) is 0 Å². The number of nitrogens with zero attached hydrogens (tertiary/aromatic N) is 7. The number of azo groups is 2. The lowest BCUT2D eigenvalue weighted by Crippen LogP contribution is -2.05. The van der Waals surface area contributed by atoms with Crippen molar-refractivity contribution >= 4 is 126 Å². The fourth-order valence-electron chi connectivity index (χ4n) is 6.29. The van der Waals surface area contributed by atoms with E-state index in [9.17, 15) is 49.4 Å². The van der Waals surface area contributed by atoms with Crippen molar-refractivity contribution in [3.8, 4) is 23.3 Å². The van der Waals surface area contributed by atoms with E-state index >= 15 is 0 Å². The SMILES string of the molecule is Cc1c(C#N)c(Nc2ccc(Cl)c(S(=O)(=O)O)c2)nc(Nc2ccc(Cl)cc2)c1N=Nc1sc(/N=N/c2cc(S(=O)(=O)O)c3cccc(S(=O)(=O)O)c3c2)c(-c2ccc(N)cc2)c1C#N. The molecule has 7 rings (SSSR count). The van der Waals surface area contributed by atoms with E-state index in [0.29, 0.717) is 22.0 Å². The standard InChI is InChI=1S/C40H26Cl2N10O9S4/c1-20-29(18-43)37(47-25-13-14-31(42)34(16-25)65(59,60)61)48-38(46-24-11-7-22(41)8-12-24)36(20)50-51-39-30(19-44)35(21-5-9-23(45)10-6-21)40(62-39)52-49-26-15-28-27(33(17-26)64(56,57)58)3-2-4-32(28)63(53,54)55/h2-17H,45H2,1H3,(H2,46,47,48)(H,53,54,55)(H,56,57,58)(H,59,60,61)/b51-50?,52-49+. The Morgan fingerprint density at radius 3 is 1.91 bits per heavy atom. The van der Waals surface area contributed by atoms with Gasteiger partial charge in [0.05, 0.1) is 16.3 Å². The van der Waals surface area contributed by atoms with Crippen molar-refractivity contribution in [1.82, 2.24) is 4.98 Å². The number of nitrogens with two attached hydrogens (primary N) is 1. The van der Waals surface area contributed by atoms with Crippen LogP contribution in [0, 0.1) is 29.6 Å². The van der Waals surface area contributed by atoms with Gasteiger partial charge in [-0.1, -0.05) is 58.8 Å². The van der Waals surface area contributed by atoms with Crippen molar-refractivity contribution in [3.05, 3.63) is 124 Å². The van der Waals surface area contributed by atoms with E-state index in [1.165, 1.54) is 31.2 Å². The minimum Gasteiger partial charge on any atom is -0.399 e. The van der Waals surface area contributed by atoms with Crippen LogP contribution in [0.2, 0.25) is 10.0 Å². The summed E-state index contributed by atoms with van der Waals surface area (Å²) in [5.74, 6) is -0.0521. The molecular weight excluding hydrogens is 964 g/mol. The second-order valence-electron chi connectivity index (χ2n) is 13.5. The molecule has 0 amide bonds. The van der Waals surface area contributed by atoms with Crippen molar-refractivity contribution < 1.29 is 38.9 Å². The Kier molecular flexibility index (Phi) is 12.7. The highest BCUT2D eigenvalue weighted by Gasteiger charge is 2.25. The number of thiophene rings is 1. The molecule has 7 aromatic rings. The molecule has 0 saturated carbocycles. The summed E-state index contributed by atoms with van der Waals surface area (Å²) < 4.78 is 103. The van der Waals surface area contributed by atoms with E-state index in [4.69, 9.17) is 28.9 Å². The second-order valence-corrected chi connectivity index (χ2v) is 19.5. The van der Waals surface area contributed by atoms with Gasteiger partial charge in [-0.3, -0.25) is 13.7 Å². The smallest absolute Gasteiger partial charge is 0.296 e. The number of nitriles is 2. The third-order valence-electron chi connectivity index (χ3n) is 9.24. The molecule has 0 atom stereocenters. The summed E-state index contributed by atoms with van der Waals surface area (Å²) in [7, 11) is -14.6. The Balaban J connectivity index is 1.39. The van der Waals surface area contributed by atoms with Gasteiger partial charge in [-0.2, -0.15) is 35.8 Å². The van der Waals surface area contributed by atoms with Crippen molar-refractivity contribution in [2.24, 2.45) is 20.5 Å². The highest BCUT2D eigenvalue weighted by Crippen LogP contribution is 2.49. The van der Waals surface area contributed by atoms with Gasteiger partial charge in [0.1, 0.15) is 43.1 Å². The van der Waals surface area contributed by atoms with E-state index in [2.05, 4.69) is 48.2 Å². The Morgan fingerprint density at radius 1 is 0.662 bits per heavy atom. The first kappa shape index (κ1) is 46.1. The molecule has 2 aromatic heterocycles. The van der Waals surface area contributed by atoms with Crippen LogP contribution < -0.4 is 16.4 Å². The summed E-state index contributed by atoms with van der Waals surface area (Å²) in [6.07, 6.45) is 0. The number of anilines is 5. The normalized spacial score (nSPS) is 12.1. The zero-order valence-corrected chi connectivity index (χ0v) is 37.4. The lowest BCUT2D eigenvalue weighted by Gasteiger charge is -2.16. The van der Waals surface area contributed by atoms with Gasteiger partial charge in [-0.05, 0) is 85.3 Å². The third kappa shape index (κ3) is 9.93. The summed E-state index contributed by atoms with van der Waals surface area (Å²) >= 11 is 12.9. The summed E-state index contributed by atoms with van der Waals surface area (Å²) in [4.78, 5) is 2.60. The number of hydrogen-bond acceptors (Lipinski definition) is 17. The van der Waals surface area contributed by atoms with Crippen LogP contribution >= 0.6 is 34.5 Å². The van der Waals surface area contributed by atoms with E-state index in [0.717, 1.165) is 35.6 Å². The molecule has 0 spiro atoms. The van der Waals surface area contributed by atoms with Crippen LogP contribution in [-0.4, -0.2) is 43.9 Å². The van der Waals surface area contributed by atoms with Crippen molar-refractivity contribution in [3.63, 3.8) is 0 Å². The molecule has 0 unspecified atom stereocenters. The topological polar surface area (TPSA) is 323 Å². The average molecular weight is 990 g/mol. The average Bonchev–Trinajstić information content (AvgIpc) is 3.60. The maximum atomic E-state index is 12.5. The zero-order valence-electron chi connectivity index (χ0n) is 32.6. The Labute approximate surface area is 383 Å². The van der Waals surface area contributed by atoms with E-state index < -0.39 is 45.0 Å². The number of halogens is 2. The zero-order chi connectivity index (χ0) is 47.0. The second kappa shape index (κ2) is 17.9. The van der Waals surface area contributed by atoms with Gasteiger partial charge >= 0.3 is 0 Å². The molecule has 25 heteroatoms. The molecule has 5 aromatic carbocycles. The summed E-state index contributed by atoms with van der Waals surface area (Å²) in [6, 6.07) is 26.1. The predicted octanol–water partition coefficient (Wildman–Crippen LogP) is 11.0. The molecule has 0 fully saturated rings. The van der Waals surface area contributed by atoms with E-state index in [1.807, 2.05) is 0 Å². The Hall–Kier alpha value is -6.90. The summed E-state index contributed by atoms with van der Waals surface area (Å²) in [5.41, 5.74) is 7.30. The van der Waals surface area contributed by atoms with Gasteiger partial charge in [-0.25, -0.2) is 4.98 Å². The van der Waals surface area contributed by atoms with Crippen molar-refractivity contribution in [1.29, 1.82) is 10.5 Å². The number of fused-ring (bicyclic) bond motifs is 1. The quantitative estimate of drug-likeness (QED) is 0.0376. The van der Waals surface area contributed by atoms with Crippen LogP contribution in [0.15, 0.2) is 132 Å². The minimum absolute atomic E-state index is 0.00910. The lowest BCUT2D eigenvalue weighted by atomic mass is 10.0. The molecule has 19 nitrogen and oxygen atoms in total. The van der Waals surface area contributed by atoms with Crippen molar-refractivity contribution in [2.75, 3.05) is 16.4 Å². The van der Waals surface area contributed by atoms with Gasteiger partial charge in [0.25, 0.3) is 30.4 Å². The fourth-order valence-corrected chi connectivity index (χ4v) is 9.76. The molecule has 0 bridgehead atoms. The number of nitrogen functional groups attached to an aromatic ring is 1. The third-order valence-corrected chi connectivity index (χ3v) is 13.6. The van der Waals surface area contributed by atoms with Gasteiger partial charge in [-0.15, -0.1) is 20.5 Å². The molecule has 2 heterocycles. The van der Waals surface area contributed by atoms with Crippen LogP contribution in [0.3, 0.4) is 0 Å². The van der Waals surface area contributed by atoms with Crippen LogP contribution in [-0.2, 0) is 30.4 Å². The highest BCUT2D eigenvalue weighted by molar-refractivity contribution is 7.86. The van der Waals surface area contributed by atoms with E-state index in [1.54, 1.807) is 48.5 Å². The molecule has 0 aliphatic carbocycles. The molecule has 65 heavy (non-hydrogen) atoms. The number of rotatable bonds is 12. The van der Waals surface area contributed by atoms with Crippen molar-refractivity contribution in [2.45, 2.75) is 21.6 Å². The maximum Gasteiger partial charge on any atom is 0.296 e. The summed E-state index contributed by atoms with van der Waals surface area (Å²) in [5, 5.41) is 43.9. The Bertz CT molecular complexity index is 3600. The van der Waals surface area contributed by atoms with Gasteiger partial charge in [0.15, 0.2) is 16.6 Å². The first-order valence-corrected chi connectivity index (χ1v) is 23.8. The molecule has 0 radical (unpaired) electrons. The maximum absolute atomic E-state index is 12.5. The van der Waals surface area contributed by atoms with Crippen LogP contribution in [0.1, 0.15) is 16.7 Å². The van der Waals surface area contributed by atoms with Gasteiger partial charge in [0.2, 0.25) is 0 Å². The number of pyridine rings is 1. The Morgan fingerprint density at radius 2 is 1.28 bits per heavy atom. The predicted molar refractivity (Wildman–Crippen MR) is 244 cm³/mol. The highest BCUT2D eigenvalue weighted by atomic mass is 35.5. The minimum atomic E-state index is -4.99. The largest absolute Gasteiger partial charge is 0.399 e.